The molecule has 0 bridgehead atoms. The van der Waals surface area contributed by atoms with Gasteiger partial charge in [-0.3, -0.25) is 0 Å². The van der Waals surface area contributed by atoms with Gasteiger partial charge in [0.05, 0.1) is 18.8 Å². The van der Waals surface area contributed by atoms with E-state index in [1.807, 2.05) is 0 Å². The average Bonchev–Trinajstić information content (AvgIpc) is 2.17. The van der Waals surface area contributed by atoms with E-state index in [1.165, 1.54) is 6.26 Å². The lowest BCUT2D eigenvalue weighted by Crippen LogP contribution is -2.35. The fraction of sp³-hybridized carbons (Fsp3) is 1.00. The first-order valence-electron chi connectivity index (χ1n) is 5.04. The lowest BCUT2D eigenvalue weighted by atomic mass is 10.1. The first-order valence-corrected chi connectivity index (χ1v) is 8.26. The Morgan fingerprint density at radius 2 is 2.33 bits per heavy atom. The molecule has 90 valence electrons. The van der Waals surface area contributed by atoms with Gasteiger partial charge in [0.25, 0.3) is 0 Å². The highest BCUT2D eigenvalue weighted by Crippen LogP contribution is 2.17. The predicted octanol–water partition coefficient (Wildman–Crippen LogP) is 0.304. The van der Waals surface area contributed by atoms with E-state index in [9.17, 15) is 13.5 Å². The molecule has 0 saturated carbocycles. The lowest BCUT2D eigenvalue weighted by molar-refractivity contribution is -0.0247. The van der Waals surface area contributed by atoms with Crippen LogP contribution in [0.3, 0.4) is 0 Å². The molecule has 4 nitrogen and oxygen atoms in total. The Bertz CT molecular complexity index is 270. The molecule has 1 fully saturated rings. The van der Waals surface area contributed by atoms with Crippen LogP contribution in [0.5, 0.6) is 0 Å². The van der Waals surface area contributed by atoms with Crippen LogP contribution < -0.4 is 0 Å². The summed E-state index contributed by atoms with van der Waals surface area (Å²) in [5.41, 5.74) is 0. The van der Waals surface area contributed by atoms with E-state index in [4.69, 9.17) is 4.74 Å². The van der Waals surface area contributed by atoms with Gasteiger partial charge in [0, 0.05) is 23.5 Å². The van der Waals surface area contributed by atoms with Gasteiger partial charge >= 0.3 is 0 Å². The Labute approximate surface area is 95.3 Å². The molecule has 1 heterocycles. The SMILES string of the molecule is CS(=O)(=O)CCCC(O)C1CSCCO1. The molecule has 1 rings (SSSR count). The molecule has 2 unspecified atom stereocenters. The summed E-state index contributed by atoms with van der Waals surface area (Å²) in [6, 6.07) is 0. The Balaban J connectivity index is 2.20. The number of rotatable bonds is 5. The van der Waals surface area contributed by atoms with Crippen LogP contribution in [0, 0.1) is 0 Å². The lowest BCUT2D eigenvalue weighted by Gasteiger charge is -2.26. The van der Waals surface area contributed by atoms with E-state index >= 15 is 0 Å². The van der Waals surface area contributed by atoms with Gasteiger partial charge in [-0.2, -0.15) is 11.8 Å². The minimum atomic E-state index is -2.91. The summed E-state index contributed by atoms with van der Waals surface area (Å²) < 4.78 is 27.1. The predicted molar refractivity (Wildman–Crippen MR) is 62.0 cm³/mol. The van der Waals surface area contributed by atoms with Gasteiger partial charge in [0.2, 0.25) is 0 Å². The molecule has 1 N–H and O–H groups in total. The first-order chi connectivity index (χ1) is 6.99. The van der Waals surface area contributed by atoms with Crippen molar-refractivity contribution in [3.63, 3.8) is 0 Å². The molecule has 0 amide bonds. The molecule has 0 radical (unpaired) electrons. The molecular weight excluding hydrogens is 236 g/mol. The minimum absolute atomic E-state index is 0.122. The van der Waals surface area contributed by atoms with Crippen LogP contribution in [-0.4, -0.2) is 55.9 Å². The highest BCUT2D eigenvalue weighted by atomic mass is 32.2. The van der Waals surface area contributed by atoms with Crippen LogP contribution in [0.4, 0.5) is 0 Å². The molecule has 2 atom stereocenters. The molecule has 0 aromatic carbocycles. The zero-order valence-electron chi connectivity index (χ0n) is 8.89. The van der Waals surface area contributed by atoms with Crippen LogP contribution in [0.2, 0.25) is 0 Å². The highest BCUT2D eigenvalue weighted by molar-refractivity contribution is 7.99. The highest BCUT2D eigenvalue weighted by Gasteiger charge is 2.22. The van der Waals surface area contributed by atoms with E-state index < -0.39 is 15.9 Å². The summed E-state index contributed by atoms with van der Waals surface area (Å²) in [5, 5.41) is 9.74. The minimum Gasteiger partial charge on any atom is -0.390 e. The number of thioether (sulfide) groups is 1. The normalized spacial score (nSPS) is 25.1. The summed E-state index contributed by atoms with van der Waals surface area (Å²) in [4.78, 5) is 0. The summed E-state index contributed by atoms with van der Waals surface area (Å²) in [5.74, 6) is 1.93. The van der Waals surface area contributed by atoms with Gasteiger partial charge in [0.15, 0.2) is 0 Å². The van der Waals surface area contributed by atoms with Crippen molar-refractivity contribution in [1.29, 1.82) is 0 Å². The number of aliphatic hydroxyl groups is 1. The zero-order valence-corrected chi connectivity index (χ0v) is 10.5. The molecular formula is C9H18O4S2. The van der Waals surface area contributed by atoms with Crippen molar-refractivity contribution in [2.24, 2.45) is 0 Å². The van der Waals surface area contributed by atoms with E-state index in [-0.39, 0.29) is 11.9 Å². The number of ether oxygens (including phenoxy) is 1. The van der Waals surface area contributed by atoms with Gasteiger partial charge < -0.3 is 9.84 Å². The maximum absolute atomic E-state index is 10.9. The van der Waals surface area contributed by atoms with Crippen molar-refractivity contribution in [2.75, 3.05) is 30.1 Å². The molecule has 0 spiro atoms. The molecule has 15 heavy (non-hydrogen) atoms. The summed E-state index contributed by atoms with van der Waals surface area (Å²) >= 11 is 1.77. The fourth-order valence-corrected chi connectivity index (χ4v) is 3.09. The van der Waals surface area contributed by atoms with Crippen molar-refractivity contribution in [1.82, 2.24) is 0 Å². The van der Waals surface area contributed by atoms with E-state index in [0.29, 0.717) is 19.4 Å². The Kier molecular flexibility index (Phi) is 5.38. The molecule has 1 aliphatic heterocycles. The van der Waals surface area contributed by atoms with Gasteiger partial charge in [-0.1, -0.05) is 0 Å². The van der Waals surface area contributed by atoms with Gasteiger partial charge in [0.1, 0.15) is 9.84 Å². The van der Waals surface area contributed by atoms with Crippen molar-refractivity contribution in [2.45, 2.75) is 25.0 Å². The topological polar surface area (TPSA) is 63.6 Å². The third kappa shape index (κ3) is 5.75. The van der Waals surface area contributed by atoms with Crippen molar-refractivity contribution in [3.05, 3.63) is 0 Å². The van der Waals surface area contributed by atoms with E-state index in [2.05, 4.69) is 0 Å². The van der Waals surface area contributed by atoms with Crippen molar-refractivity contribution in [3.8, 4) is 0 Å². The van der Waals surface area contributed by atoms with Crippen LogP contribution in [0.25, 0.3) is 0 Å². The number of aliphatic hydroxyl groups excluding tert-OH is 1. The molecule has 0 aliphatic carbocycles. The number of hydrogen-bond acceptors (Lipinski definition) is 5. The summed E-state index contributed by atoms with van der Waals surface area (Å²) in [7, 11) is -2.91. The van der Waals surface area contributed by atoms with E-state index in [0.717, 1.165) is 11.5 Å². The standard InChI is InChI=1S/C9H18O4S2/c1-15(11,12)6-2-3-8(10)9-7-14-5-4-13-9/h8-10H,2-7H2,1H3. The Morgan fingerprint density at radius 3 is 2.87 bits per heavy atom. The molecule has 0 aromatic heterocycles. The van der Waals surface area contributed by atoms with Crippen LogP contribution in [-0.2, 0) is 14.6 Å². The fourth-order valence-electron chi connectivity index (χ4n) is 1.47. The monoisotopic (exact) mass is 254 g/mol. The quantitative estimate of drug-likeness (QED) is 0.765. The average molecular weight is 254 g/mol. The zero-order chi connectivity index (χ0) is 11.3. The van der Waals surface area contributed by atoms with Gasteiger partial charge in [-0.25, -0.2) is 8.42 Å². The molecule has 0 aromatic rings. The van der Waals surface area contributed by atoms with Gasteiger partial charge in [-0.05, 0) is 12.8 Å². The third-order valence-corrected chi connectivity index (χ3v) is 4.34. The van der Waals surface area contributed by atoms with Gasteiger partial charge in [-0.15, -0.1) is 0 Å². The Morgan fingerprint density at radius 1 is 1.60 bits per heavy atom. The molecule has 1 saturated heterocycles. The van der Waals surface area contributed by atoms with Crippen LogP contribution in [0.1, 0.15) is 12.8 Å². The maximum Gasteiger partial charge on any atom is 0.147 e. The first kappa shape index (κ1) is 13.3. The molecule has 1 aliphatic rings. The second kappa shape index (κ2) is 6.08. The molecule has 6 heteroatoms. The van der Waals surface area contributed by atoms with Crippen LogP contribution >= 0.6 is 11.8 Å². The van der Waals surface area contributed by atoms with E-state index in [1.54, 1.807) is 11.8 Å². The number of hydrogen-bond donors (Lipinski definition) is 1. The second-order valence-corrected chi connectivity index (χ2v) is 7.23. The van der Waals surface area contributed by atoms with Crippen molar-refractivity contribution >= 4 is 21.6 Å². The smallest absolute Gasteiger partial charge is 0.147 e. The summed E-state index contributed by atoms with van der Waals surface area (Å²) in [6.07, 6.45) is 1.57. The van der Waals surface area contributed by atoms with Crippen LogP contribution in [0.15, 0.2) is 0 Å². The van der Waals surface area contributed by atoms with Crippen molar-refractivity contribution < 1.29 is 18.3 Å². The third-order valence-electron chi connectivity index (χ3n) is 2.29. The summed E-state index contributed by atoms with van der Waals surface area (Å²) in [6.45, 7) is 0.679. The number of sulfone groups is 1. The second-order valence-electron chi connectivity index (χ2n) is 3.82. The largest absolute Gasteiger partial charge is 0.390 e. The maximum atomic E-state index is 10.9. The Hall–Kier alpha value is 0.220.